The van der Waals surface area contributed by atoms with E-state index in [1.165, 1.54) is 0 Å². The first-order valence-electron chi connectivity index (χ1n) is 10.8. The average molecular weight is 483 g/mol. The van der Waals surface area contributed by atoms with Gasteiger partial charge in [-0.25, -0.2) is 30.7 Å². The summed E-state index contributed by atoms with van der Waals surface area (Å²) in [6.45, 7) is 3.51. The van der Waals surface area contributed by atoms with Gasteiger partial charge in [0, 0.05) is 6.54 Å². The van der Waals surface area contributed by atoms with Crippen LogP contribution in [0.15, 0.2) is 48.5 Å². The predicted molar refractivity (Wildman–Crippen MR) is 126 cm³/mol. The van der Waals surface area contributed by atoms with Crippen LogP contribution in [0, 0.1) is 0 Å². The Morgan fingerprint density at radius 2 is 1.56 bits per heavy atom. The van der Waals surface area contributed by atoms with Crippen molar-refractivity contribution in [2.75, 3.05) is 12.8 Å². The lowest BCUT2D eigenvalue weighted by Gasteiger charge is -2.29. The van der Waals surface area contributed by atoms with E-state index < -0.39 is 37.0 Å². The summed E-state index contributed by atoms with van der Waals surface area (Å²) in [5.41, 5.74) is 1.66. The van der Waals surface area contributed by atoms with Gasteiger partial charge in [-0.3, -0.25) is 0 Å². The molecular formula is C23H31FN2O4S2. The Labute approximate surface area is 190 Å². The summed E-state index contributed by atoms with van der Waals surface area (Å²) in [7, 11) is -6.76. The van der Waals surface area contributed by atoms with Crippen LogP contribution in [0.4, 0.5) is 4.39 Å². The third-order valence-electron chi connectivity index (χ3n) is 5.94. The maximum Gasteiger partial charge on any atom is 0.214 e. The van der Waals surface area contributed by atoms with Gasteiger partial charge in [0.15, 0.2) is 5.67 Å². The lowest BCUT2D eigenvalue weighted by molar-refractivity contribution is 0.142. The van der Waals surface area contributed by atoms with E-state index in [0.717, 1.165) is 22.9 Å². The maximum absolute atomic E-state index is 15.9. The van der Waals surface area contributed by atoms with Gasteiger partial charge in [0.2, 0.25) is 20.0 Å². The third-order valence-corrected chi connectivity index (χ3v) is 8.53. The van der Waals surface area contributed by atoms with Gasteiger partial charge in [0.25, 0.3) is 0 Å². The Hall–Kier alpha value is -1.81. The molecule has 0 bridgehead atoms. The van der Waals surface area contributed by atoms with Gasteiger partial charge in [-0.1, -0.05) is 48.5 Å². The summed E-state index contributed by atoms with van der Waals surface area (Å²) in [4.78, 5) is 0. The quantitative estimate of drug-likeness (QED) is 0.572. The molecule has 1 aliphatic rings. The second kappa shape index (κ2) is 9.59. The zero-order chi connectivity index (χ0) is 23.6. The molecule has 0 unspecified atom stereocenters. The topological polar surface area (TPSA) is 92.3 Å². The van der Waals surface area contributed by atoms with E-state index in [1.807, 2.05) is 36.4 Å². The minimum Gasteiger partial charge on any atom is -0.237 e. The Balaban J connectivity index is 1.71. The summed E-state index contributed by atoms with van der Waals surface area (Å²) in [5.74, 6) is 0. The van der Waals surface area contributed by atoms with Crippen LogP contribution in [0.1, 0.15) is 44.2 Å². The highest BCUT2D eigenvalue weighted by atomic mass is 32.2. The number of rotatable bonds is 9. The number of alkyl halides is 1. The van der Waals surface area contributed by atoms with Crippen LogP contribution in [0.2, 0.25) is 0 Å². The molecule has 1 fully saturated rings. The molecule has 2 atom stereocenters. The minimum atomic E-state index is -3.56. The SMILES string of the molecule is CC(C)S(=O)(=O)N[C@H]1CCC[C@]1(F)c1ccc(-c2ccc(CCNS(C)(=O)=O)cc2)cc1. The number of hydrogen-bond donors (Lipinski definition) is 2. The molecule has 0 radical (unpaired) electrons. The fourth-order valence-corrected chi connectivity index (χ4v) is 5.43. The largest absolute Gasteiger partial charge is 0.237 e. The van der Waals surface area contributed by atoms with Crippen LogP contribution in [-0.4, -0.2) is 40.9 Å². The number of benzene rings is 2. The molecule has 0 aliphatic heterocycles. The average Bonchev–Trinajstić information content (AvgIpc) is 3.08. The number of halogens is 1. The Morgan fingerprint density at radius 1 is 1.00 bits per heavy atom. The highest BCUT2D eigenvalue weighted by Crippen LogP contribution is 2.43. The molecule has 0 spiro atoms. The molecule has 0 aromatic heterocycles. The summed E-state index contributed by atoms with van der Waals surface area (Å²) in [5, 5.41) is -0.611. The molecule has 0 saturated heterocycles. The molecule has 3 rings (SSSR count). The normalized spacial score (nSPS) is 21.8. The van der Waals surface area contributed by atoms with Crippen molar-refractivity contribution in [2.45, 2.75) is 56.5 Å². The van der Waals surface area contributed by atoms with Gasteiger partial charge >= 0.3 is 0 Å². The summed E-state index contributed by atoms with van der Waals surface area (Å²) < 4.78 is 67.8. The van der Waals surface area contributed by atoms with Gasteiger partial charge in [0.05, 0.1) is 17.5 Å². The number of sulfonamides is 2. The van der Waals surface area contributed by atoms with E-state index in [0.29, 0.717) is 31.4 Å². The van der Waals surface area contributed by atoms with Gasteiger partial charge in [-0.05, 0) is 61.8 Å². The van der Waals surface area contributed by atoms with Crippen molar-refractivity contribution >= 4 is 20.0 Å². The van der Waals surface area contributed by atoms with Crippen LogP contribution in [0.3, 0.4) is 0 Å². The summed E-state index contributed by atoms with van der Waals surface area (Å²) >= 11 is 0. The minimum absolute atomic E-state index is 0.286. The first kappa shape index (κ1) is 24.8. The highest BCUT2D eigenvalue weighted by molar-refractivity contribution is 7.90. The zero-order valence-electron chi connectivity index (χ0n) is 18.6. The van der Waals surface area contributed by atoms with E-state index in [1.54, 1.807) is 26.0 Å². The monoisotopic (exact) mass is 482 g/mol. The Bertz CT molecular complexity index is 1130. The van der Waals surface area contributed by atoms with Crippen molar-refractivity contribution in [1.29, 1.82) is 0 Å². The van der Waals surface area contributed by atoms with Gasteiger partial charge < -0.3 is 0 Å². The second-order valence-electron chi connectivity index (χ2n) is 8.71. The van der Waals surface area contributed by atoms with Crippen LogP contribution in [0.25, 0.3) is 11.1 Å². The Kier molecular flexibility index (Phi) is 7.44. The van der Waals surface area contributed by atoms with Crippen LogP contribution in [0.5, 0.6) is 0 Å². The molecule has 0 heterocycles. The molecular weight excluding hydrogens is 451 g/mol. The first-order chi connectivity index (χ1) is 14.9. The highest BCUT2D eigenvalue weighted by Gasteiger charge is 2.46. The summed E-state index contributed by atoms with van der Waals surface area (Å²) in [6, 6.07) is 14.2. The van der Waals surface area contributed by atoms with E-state index >= 15 is 4.39 Å². The fourth-order valence-electron chi connectivity index (χ4n) is 3.98. The smallest absolute Gasteiger partial charge is 0.214 e. The zero-order valence-corrected chi connectivity index (χ0v) is 20.3. The molecule has 2 N–H and O–H groups in total. The standard InChI is InChI=1S/C23H31FN2O4S2/c1-17(2)32(29,30)26-22-5-4-15-23(22,24)21-12-10-20(11-13-21)19-8-6-18(7-9-19)14-16-25-31(3,27)28/h6-13,17,22,25-26H,4-5,14-16H2,1-3H3/t22-,23-/m0/s1. The Morgan fingerprint density at radius 3 is 2.09 bits per heavy atom. The van der Waals surface area contributed by atoms with Crippen molar-refractivity contribution in [3.05, 3.63) is 59.7 Å². The van der Waals surface area contributed by atoms with Gasteiger partial charge in [0.1, 0.15) is 0 Å². The van der Waals surface area contributed by atoms with Crippen LogP contribution < -0.4 is 9.44 Å². The molecule has 32 heavy (non-hydrogen) atoms. The molecule has 0 amide bonds. The van der Waals surface area contributed by atoms with E-state index in [4.69, 9.17) is 0 Å². The van der Waals surface area contributed by atoms with Crippen molar-refractivity contribution < 1.29 is 21.2 Å². The second-order valence-corrected chi connectivity index (χ2v) is 12.8. The van der Waals surface area contributed by atoms with Gasteiger partial charge in [-0.2, -0.15) is 0 Å². The van der Waals surface area contributed by atoms with E-state index in [2.05, 4.69) is 9.44 Å². The lowest BCUT2D eigenvalue weighted by atomic mass is 9.89. The molecule has 1 aliphatic carbocycles. The molecule has 176 valence electrons. The summed E-state index contributed by atoms with van der Waals surface area (Å²) in [6.07, 6.45) is 3.10. The molecule has 1 saturated carbocycles. The molecule has 9 heteroatoms. The molecule has 2 aromatic carbocycles. The number of hydrogen-bond acceptors (Lipinski definition) is 4. The van der Waals surface area contributed by atoms with E-state index in [-0.39, 0.29) is 6.42 Å². The third kappa shape index (κ3) is 5.95. The first-order valence-corrected chi connectivity index (χ1v) is 14.2. The fraction of sp³-hybridized carbons (Fsp3) is 0.478. The van der Waals surface area contributed by atoms with Crippen LogP contribution >= 0.6 is 0 Å². The van der Waals surface area contributed by atoms with Crippen molar-refractivity contribution in [3.8, 4) is 11.1 Å². The van der Waals surface area contributed by atoms with Crippen molar-refractivity contribution in [3.63, 3.8) is 0 Å². The molecule has 2 aromatic rings. The predicted octanol–water partition coefficient (Wildman–Crippen LogP) is 3.49. The van der Waals surface area contributed by atoms with Crippen LogP contribution in [-0.2, 0) is 32.1 Å². The lowest BCUT2D eigenvalue weighted by Crippen LogP contribution is -2.46. The van der Waals surface area contributed by atoms with Crippen molar-refractivity contribution in [2.24, 2.45) is 0 Å². The van der Waals surface area contributed by atoms with Crippen molar-refractivity contribution in [1.82, 2.24) is 9.44 Å². The maximum atomic E-state index is 15.9. The number of nitrogens with one attached hydrogen (secondary N) is 2. The molecule has 6 nitrogen and oxygen atoms in total. The van der Waals surface area contributed by atoms with Gasteiger partial charge in [-0.15, -0.1) is 0 Å². The van der Waals surface area contributed by atoms with E-state index in [9.17, 15) is 16.8 Å².